The summed E-state index contributed by atoms with van der Waals surface area (Å²) in [5, 5.41) is 10.8. The highest BCUT2D eigenvalue weighted by Gasteiger charge is 2.70. The number of sulfonamides is 1. The van der Waals surface area contributed by atoms with Crippen molar-refractivity contribution in [3.63, 3.8) is 0 Å². The zero-order valence-corrected chi connectivity index (χ0v) is 32.2. The lowest BCUT2D eigenvalue weighted by atomic mass is 9.85. The molecule has 282 valence electrons. The minimum atomic E-state index is -3.46. The molecule has 0 aromatic rings. The maximum atomic E-state index is 14.4. The summed E-state index contributed by atoms with van der Waals surface area (Å²) in [7, 11) is -1.93. The van der Waals surface area contributed by atoms with Crippen molar-refractivity contribution in [2.45, 2.75) is 123 Å². The molecule has 0 spiro atoms. The van der Waals surface area contributed by atoms with Gasteiger partial charge in [-0.3, -0.25) is 19.2 Å². The molecular weight excluding hydrogens is 660 g/mol. The molecule has 4 aliphatic rings. The maximum absolute atomic E-state index is 14.4. The van der Waals surface area contributed by atoms with Gasteiger partial charge in [-0.15, -0.1) is 6.58 Å². The molecule has 0 bridgehead atoms. The van der Waals surface area contributed by atoms with E-state index in [9.17, 15) is 32.4 Å². The lowest BCUT2D eigenvalue weighted by molar-refractivity contribution is -0.145. The Balaban J connectivity index is 1.51. The summed E-state index contributed by atoms with van der Waals surface area (Å²) in [6, 6.07) is -4.03. The van der Waals surface area contributed by atoms with E-state index in [4.69, 9.17) is 0 Å². The molecule has 4 N–H and O–H groups in total. The number of hydrogen-bond acceptors (Lipinski definition) is 7. The van der Waals surface area contributed by atoms with Crippen LogP contribution in [0.15, 0.2) is 12.7 Å². The van der Waals surface area contributed by atoms with Gasteiger partial charge in [0, 0.05) is 32.7 Å². The van der Waals surface area contributed by atoms with Gasteiger partial charge in [0.05, 0.1) is 11.3 Å². The van der Waals surface area contributed by atoms with Crippen molar-refractivity contribution >= 4 is 39.6 Å². The molecule has 3 aliphatic carbocycles. The first-order valence-corrected chi connectivity index (χ1v) is 19.5. The third-order valence-corrected chi connectivity index (χ3v) is 13.1. The topological polar surface area (TPSA) is 174 Å². The van der Waals surface area contributed by atoms with Gasteiger partial charge in [-0.25, -0.2) is 17.5 Å². The number of carbonyl (C=O) groups excluding carboxylic acids is 5. The number of piperidine rings is 1. The highest BCUT2D eigenvalue weighted by molar-refractivity contribution is 7.90. The van der Waals surface area contributed by atoms with Crippen LogP contribution in [0.4, 0.5) is 4.79 Å². The van der Waals surface area contributed by atoms with Gasteiger partial charge in [-0.05, 0) is 59.7 Å². The summed E-state index contributed by atoms with van der Waals surface area (Å²) in [6.45, 7) is 19.8. The third kappa shape index (κ3) is 9.45. The number of likely N-dealkylation sites (N-methyl/N-ethyl adjacent to an activating group) is 1. The Morgan fingerprint density at radius 1 is 0.980 bits per heavy atom. The number of nitrogens with zero attached hydrogens (tertiary/aromatic N) is 2. The number of rotatable bonds is 16. The second kappa shape index (κ2) is 14.6. The maximum Gasteiger partial charge on any atom is 0.315 e. The van der Waals surface area contributed by atoms with E-state index in [2.05, 4.69) is 41.7 Å². The predicted molar refractivity (Wildman–Crippen MR) is 191 cm³/mol. The van der Waals surface area contributed by atoms with E-state index in [0.29, 0.717) is 32.2 Å². The fraction of sp³-hybridized carbons (Fsp3) is 0.806. The molecule has 1 aliphatic heterocycles. The molecule has 4 fully saturated rings. The van der Waals surface area contributed by atoms with Crippen molar-refractivity contribution in [1.82, 2.24) is 30.5 Å². The molecule has 0 radical (unpaired) electrons. The molecular formula is C36H60N6O7S. The Morgan fingerprint density at radius 3 is 2.12 bits per heavy atom. The summed E-state index contributed by atoms with van der Waals surface area (Å²) in [6.07, 6.45) is 5.43. The van der Waals surface area contributed by atoms with Gasteiger partial charge in [-0.2, -0.15) is 0 Å². The van der Waals surface area contributed by atoms with Crippen molar-refractivity contribution in [2.75, 3.05) is 26.7 Å². The van der Waals surface area contributed by atoms with Crippen molar-refractivity contribution in [2.24, 2.45) is 34.0 Å². The summed E-state index contributed by atoms with van der Waals surface area (Å²) >= 11 is 0. The third-order valence-electron chi connectivity index (χ3n) is 10.7. The molecule has 0 aromatic heterocycles. The molecule has 1 saturated heterocycles. The first kappa shape index (κ1) is 39.8. The molecule has 14 heteroatoms. The van der Waals surface area contributed by atoms with Crippen LogP contribution in [-0.2, 0) is 29.2 Å². The second-order valence-electron chi connectivity index (χ2n) is 17.9. The Labute approximate surface area is 298 Å². The zero-order valence-electron chi connectivity index (χ0n) is 31.4. The summed E-state index contributed by atoms with van der Waals surface area (Å²) < 4.78 is 27.1. The van der Waals surface area contributed by atoms with E-state index < -0.39 is 69.1 Å². The van der Waals surface area contributed by atoms with Crippen LogP contribution in [0.2, 0.25) is 0 Å². The molecule has 4 rings (SSSR count). The number of hydrogen-bond donors (Lipinski definition) is 4. The van der Waals surface area contributed by atoms with Crippen LogP contribution < -0.4 is 21.3 Å². The number of nitrogens with one attached hydrogen (secondary N) is 4. The van der Waals surface area contributed by atoms with Gasteiger partial charge in [0.25, 0.3) is 5.91 Å². The van der Waals surface area contributed by atoms with Crippen molar-refractivity contribution in [3.8, 4) is 0 Å². The Hall–Kier alpha value is -3.00. The van der Waals surface area contributed by atoms with E-state index >= 15 is 0 Å². The number of Topliss-reactive ketones (excluding diaryl/α,β-unsaturated/α-hetero) is 1. The quantitative estimate of drug-likeness (QED) is 0.140. The molecule has 6 atom stereocenters. The summed E-state index contributed by atoms with van der Waals surface area (Å²) in [5.41, 5.74) is -1.18. The average Bonchev–Trinajstić information content (AvgIpc) is 3.93. The van der Waals surface area contributed by atoms with Gasteiger partial charge >= 0.3 is 6.03 Å². The number of urea groups is 1. The van der Waals surface area contributed by atoms with E-state index in [1.54, 1.807) is 0 Å². The zero-order chi connectivity index (χ0) is 37.6. The largest absolute Gasteiger partial charge is 0.346 e. The number of likely N-dealkylation sites (tertiary alicyclic amines) is 1. The van der Waals surface area contributed by atoms with Gasteiger partial charge in [0.2, 0.25) is 27.6 Å². The highest BCUT2D eigenvalue weighted by atomic mass is 32.2. The van der Waals surface area contributed by atoms with Crippen LogP contribution in [0, 0.1) is 34.0 Å². The SMILES string of the molecule is C=CCNC(=O)C(=O)C(CC1CC1)NC(=O)[C@@H]1[C@@H]2[C@H](CN1C(=O)[C@@H](NC(=O)N[C@H](CN(C)S(=O)(=O)C1CC1)CC(C)(C)C)C(C)(C)C)C2(C)C. The molecule has 1 heterocycles. The molecule has 1 unspecified atom stereocenters. The number of ketones is 1. The number of carbonyl (C=O) groups is 5. The van der Waals surface area contributed by atoms with Crippen LogP contribution in [0.3, 0.4) is 0 Å². The monoisotopic (exact) mass is 720 g/mol. The van der Waals surface area contributed by atoms with Gasteiger partial charge in [0.15, 0.2) is 0 Å². The first-order chi connectivity index (χ1) is 23.0. The van der Waals surface area contributed by atoms with Crippen molar-refractivity contribution < 1.29 is 32.4 Å². The number of fused-ring (bicyclic) bond motifs is 1. The fourth-order valence-electron chi connectivity index (χ4n) is 7.51. The molecule has 5 amide bonds. The van der Waals surface area contributed by atoms with E-state index in [1.165, 1.54) is 22.3 Å². The molecule has 50 heavy (non-hydrogen) atoms. The van der Waals surface area contributed by atoms with Crippen molar-refractivity contribution in [1.29, 1.82) is 0 Å². The van der Waals surface area contributed by atoms with Crippen LogP contribution in [-0.4, -0.2) is 103 Å². The van der Waals surface area contributed by atoms with Gasteiger partial charge in [-0.1, -0.05) is 74.3 Å². The molecule has 13 nitrogen and oxygen atoms in total. The fourth-order valence-corrected chi connectivity index (χ4v) is 9.14. The summed E-state index contributed by atoms with van der Waals surface area (Å²) in [5.74, 6) is -2.24. The van der Waals surface area contributed by atoms with Crippen LogP contribution in [0.25, 0.3) is 0 Å². The van der Waals surface area contributed by atoms with Crippen LogP contribution in [0.1, 0.15) is 93.9 Å². The summed E-state index contributed by atoms with van der Waals surface area (Å²) in [4.78, 5) is 69.4. The molecule has 0 aromatic carbocycles. The minimum Gasteiger partial charge on any atom is -0.346 e. The van der Waals surface area contributed by atoms with Crippen LogP contribution in [0.5, 0.6) is 0 Å². The molecule has 3 saturated carbocycles. The van der Waals surface area contributed by atoms with Crippen molar-refractivity contribution in [3.05, 3.63) is 12.7 Å². The lowest BCUT2D eigenvalue weighted by Crippen LogP contribution is -2.62. The number of amides is 5. The highest BCUT2D eigenvalue weighted by Crippen LogP contribution is 2.65. The Morgan fingerprint density at radius 2 is 1.60 bits per heavy atom. The Kier molecular flexibility index (Phi) is 11.6. The second-order valence-corrected chi connectivity index (χ2v) is 20.2. The van der Waals surface area contributed by atoms with E-state index in [0.717, 1.165) is 12.8 Å². The van der Waals surface area contributed by atoms with Gasteiger partial charge in [0.1, 0.15) is 12.1 Å². The minimum absolute atomic E-state index is 0.0604. The lowest BCUT2D eigenvalue weighted by Gasteiger charge is -2.38. The standard InChI is InChI=1S/C36H60N6O7S/c1-11-16-37-31(45)28(43)25(17-21-12-13-21)39-30(44)27-26-24(36(26,8)9)20-42(27)32(46)29(35(5,6)7)40-33(47)38-22(18-34(2,3)4)19-41(10)50(48,49)23-14-15-23/h11,21-27,29H,1,12-20H2,2-10H3,(H,37,45)(H,39,44)(H2,38,40,47)/t22-,24-,25?,26-,27-,29+/m0/s1. The predicted octanol–water partition coefficient (Wildman–Crippen LogP) is 2.57. The smallest absolute Gasteiger partial charge is 0.315 e. The van der Waals surface area contributed by atoms with Gasteiger partial charge < -0.3 is 26.2 Å². The van der Waals surface area contributed by atoms with E-state index in [1.807, 2.05) is 41.5 Å². The Bertz CT molecular complexity index is 1460. The van der Waals surface area contributed by atoms with Crippen LogP contribution >= 0.6 is 0 Å². The van der Waals surface area contributed by atoms with E-state index in [-0.39, 0.29) is 46.9 Å². The normalized spacial score (nSPS) is 24.8. The average molecular weight is 721 g/mol. The first-order valence-electron chi connectivity index (χ1n) is 18.0.